The molecule has 0 bridgehead atoms. The van der Waals surface area contributed by atoms with Gasteiger partial charge in [-0.25, -0.2) is 14.4 Å². The van der Waals surface area contributed by atoms with E-state index in [-0.39, 0.29) is 0 Å². The Morgan fingerprint density at radius 2 is 2.00 bits per heavy atom. The monoisotopic (exact) mass is 244 g/mol. The van der Waals surface area contributed by atoms with Gasteiger partial charge in [-0.15, -0.1) is 0 Å². The molecule has 1 atom stereocenters. The molecule has 0 aromatic heterocycles. The Morgan fingerprint density at radius 1 is 1.41 bits per heavy atom. The van der Waals surface area contributed by atoms with Gasteiger partial charge in [-0.3, -0.25) is 0 Å². The number of primary amides is 1. The molecule has 0 aromatic rings. The van der Waals surface area contributed by atoms with Crippen LogP contribution in [0.25, 0.3) is 0 Å². The molecule has 0 aliphatic heterocycles. The lowest BCUT2D eigenvalue weighted by atomic mass is 10.2. The Balaban J connectivity index is 4.49. The van der Waals surface area contributed by atoms with Gasteiger partial charge < -0.3 is 20.5 Å². The van der Waals surface area contributed by atoms with Crippen LogP contribution in [0.3, 0.4) is 0 Å². The zero-order valence-corrected chi connectivity index (χ0v) is 9.98. The van der Waals surface area contributed by atoms with Gasteiger partial charge in [0.1, 0.15) is 6.04 Å². The maximum absolute atomic E-state index is 11.3. The zero-order valence-electron chi connectivity index (χ0n) is 9.98. The van der Waals surface area contributed by atoms with Crippen molar-refractivity contribution in [1.82, 2.24) is 5.32 Å². The molecule has 0 saturated carbocycles. The molecule has 17 heavy (non-hydrogen) atoms. The molecule has 0 aliphatic rings. The first kappa shape index (κ1) is 14.9. The quantitative estimate of drug-likeness (QED) is 0.402. The van der Waals surface area contributed by atoms with Gasteiger partial charge >= 0.3 is 18.0 Å². The van der Waals surface area contributed by atoms with Crippen molar-refractivity contribution < 1.29 is 23.9 Å². The minimum atomic E-state index is -1.16. The summed E-state index contributed by atoms with van der Waals surface area (Å²) < 4.78 is 8.64. The molecule has 0 aliphatic carbocycles. The van der Waals surface area contributed by atoms with Crippen molar-refractivity contribution in [3.63, 3.8) is 0 Å². The van der Waals surface area contributed by atoms with Crippen molar-refractivity contribution in [2.45, 2.75) is 26.3 Å². The molecule has 0 spiro atoms. The SMILES string of the molecule is CC[C@@H](NC(C)=CC(=O)OC)C(=O)OC(N)=O. The fourth-order valence-electron chi connectivity index (χ4n) is 1.05. The number of ether oxygens (including phenoxy) is 2. The van der Waals surface area contributed by atoms with E-state index in [4.69, 9.17) is 5.73 Å². The third-order valence-electron chi connectivity index (χ3n) is 1.83. The maximum Gasteiger partial charge on any atom is 0.412 e. The van der Waals surface area contributed by atoms with E-state index in [0.717, 1.165) is 0 Å². The summed E-state index contributed by atoms with van der Waals surface area (Å²) in [7, 11) is 1.24. The van der Waals surface area contributed by atoms with Crippen LogP contribution in [0.4, 0.5) is 4.79 Å². The Bertz CT molecular complexity index is 338. The largest absolute Gasteiger partial charge is 0.466 e. The van der Waals surface area contributed by atoms with Crippen LogP contribution in [0.1, 0.15) is 20.3 Å². The third kappa shape index (κ3) is 6.18. The average molecular weight is 244 g/mol. The van der Waals surface area contributed by atoms with E-state index < -0.39 is 24.1 Å². The molecular weight excluding hydrogens is 228 g/mol. The standard InChI is InChI=1S/C10H16N2O5/c1-4-7(9(14)17-10(11)15)12-6(2)5-8(13)16-3/h5,7,12H,4H2,1-3H3,(H2,11,15)/t7-/m1/s1. The van der Waals surface area contributed by atoms with E-state index in [2.05, 4.69) is 14.8 Å². The molecule has 0 fully saturated rings. The lowest BCUT2D eigenvalue weighted by Gasteiger charge is -2.15. The van der Waals surface area contributed by atoms with Crippen LogP contribution in [-0.4, -0.2) is 31.2 Å². The predicted molar refractivity (Wildman–Crippen MR) is 58.7 cm³/mol. The second-order valence-corrected chi connectivity index (χ2v) is 3.20. The normalized spacial score (nSPS) is 12.5. The summed E-state index contributed by atoms with van der Waals surface area (Å²) in [5.74, 6) is -1.34. The number of carbonyl (C=O) groups excluding carboxylic acids is 3. The first-order valence-electron chi connectivity index (χ1n) is 4.94. The highest BCUT2D eigenvalue weighted by Gasteiger charge is 2.19. The summed E-state index contributed by atoms with van der Waals surface area (Å²) in [5, 5.41) is 2.71. The van der Waals surface area contributed by atoms with Crippen molar-refractivity contribution >= 4 is 18.0 Å². The second-order valence-electron chi connectivity index (χ2n) is 3.20. The molecule has 3 N–H and O–H groups in total. The number of methoxy groups -OCH3 is 1. The number of carbonyl (C=O) groups is 3. The number of allylic oxidation sites excluding steroid dienone is 1. The van der Waals surface area contributed by atoms with E-state index in [0.29, 0.717) is 12.1 Å². The topological polar surface area (TPSA) is 108 Å². The summed E-state index contributed by atoms with van der Waals surface area (Å²) >= 11 is 0. The Kier molecular flexibility index (Phi) is 6.39. The van der Waals surface area contributed by atoms with Crippen LogP contribution in [-0.2, 0) is 19.1 Å². The van der Waals surface area contributed by atoms with Crippen molar-refractivity contribution in [3.8, 4) is 0 Å². The Hall–Kier alpha value is -2.05. The molecule has 0 heterocycles. The van der Waals surface area contributed by atoms with Gasteiger partial charge in [-0.2, -0.15) is 0 Å². The van der Waals surface area contributed by atoms with Gasteiger partial charge in [0.05, 0.1) is 7.11 Å². The van der Waals surface area contributed by atoms with E-state index in [1.165, 1.54) is 13.2 Å². The summed E-state index contributed by atoms with van der Waals surface area (Å²) in [6, 6.07) is -0.747. The Morgan fingerprint density at radius 3 is 2.41 bits per heavy atom. The molecule has 0 saturated heterocycles. The second kappa shape index (κ2) is 7.26. The van der Waals surface area contributed by atoms with E-state index in [1.807, 2.05) is 0 Å². The van der Waals surface area contributed by atoms with Crippen LogP contribution in [0.2, 0.25) is 0 Å². The molecule has 0 unspecified atom stereocenters. The fourth-order valence-corrected chi connectivity index (χ4v) is 1.05. The van der Waals surface area contributed by atoms with Crippen LogP contribution in [0.15, 0.2) is 11.8 Å². The summed E-state index contributed by atoms with van der Waals surface area (Å²) in [6.45, 7) is 3.29. The van der Waals surface area contributed by atoms with Crippen LogP contribution < -0.4 is 11.1 Å². The molecular formula is C10H16N2O5. The lowest BCUT2D eigenvalue weighted by molar-refractivity contribution is -0.139. The van der Waals surface area contributed by atoms with Gasteiger partial charge in [0.2, 0.25) is 0 Å². The zero-order chi connectivity index (χ0) is 13.4. The van der Waals surface area contributed by atoms with E-state index >= 15 is 0 Å². The van der Waals surface area contributed by atoms with Crippen molar-refractivity contribution in [1.29, 1.82) is 0 Å². The molecule has 0 rings (SSSR count). The Labute approximate surface area is 98.9 Å². The van der Waals surface area contributed by atoms with Crippen LogP contribution in [0, 0.1) is 0 Å². The molecule has 96 valence electrons. The van der Waals surface area contributed by atoms with Gasteiger partial charge in [-0.05, 0) is 13.3 Å². The molecule has 7 nitrogen and oxygen atoms in total. The number of hydrogen-bond donors (Lipinski definition) is 2. The van der Waals surface area contributed by atoms with Crippen molar-refractivity contribution in [3.05, 3.63) is 11.8 Å². The minimum absolute atomic E-state index is 0.373. The number of hydrogen-bond acceptors (Lipinski definition) is 6. The van der Waals surface area contributed by atoms with E-state index in [9.17, 15) is 14.4 Å². The average Bonchev–Trinajstić information content (AvgIpc) is 2.24. The molecule has 7 heteroatoms. The number of nitrogens with one attached hydrogen (secondary N) is 1. The number of nitrogens with two attached hydrogens (primary N) is 1. The predicted octanol–water partition coefficient (Wildman–Crippen LogP) is 0.0533. The van der Waals surface area contributed by atoms with Crippen molar-refractivity contribution in [2.75, 3.05) is 7.11 Å². The highest BCUT2D eigenvalue weighted by atomic mass is 16.6. The smallest absolute Gasteiger partial charge is 0.412 e. The number of rotatable bonds is 5. The lowest BCUT2D eigenvalue weighted by Crippen LogP contribution is -2.38. The van der Waals surface area contributed by atoms with Crippen LogP contribution >= 0.6 is 0 Å². The van der Waals surface area contributed by atoms with Gasteiger partial charge in [0, 0.05) is 11.8 Å². The number of esters is 2. The molecule has 0 aromatic carbocycles. The van der Waals surface area contributed by atoms with Gasteiger partial charge in [0.25, 0.3) is 0 Å². The van der Waals surface area contributed by atoms with Gasteiger partial charge in [0.15, 0.2) is 0 Å². The molecule has 1 amide bonds. The third-order valence-corrected chi connectivity index (χ3v) is 1.83. The minimum Gasteiger partial charge on any atom is -0.466 e. The first-order chi connectivity index (χ1) is 7.90. The van der Waals surface area contributed by atoms with Crippen LogP contribution in [0.5, 0.6) is 0 Å². The highest BCUT2D eigenvalue weighted by Crippen LogP contribution is 1.99. The van der Waals surface area contributed by atoms with Crippen molar-refractivity contribution in [2.24, 2.45) is 5.73 Å². The highest BCUT2D eigenvalue weighted by molar-refractivity contribution is 5.87. The van der Waals surface area contributed by atoms with Gasteiger partial charge in [-0.1, -0.05) is 6.92 Å². The number of amides is 1. The maximum atomic E-state index is 11.3. The molecule has 0 radical (unpaired) electrons. The first-order valence-corrected chi connectivity index (χ1v) is 4.94. The summed E-state index contributed by atoms with van der Waals surface area (Å²) in [4.78, 5) is 32.7. The summed E-state index contributed by atoms with van der Waals surface area (Å²) in [5.41, 5.74) is 5.14. The fraction of sp³-hybridized carbons (Fsp3) is 0.500. The van der Waals surface area contributed by atoms with E-state index in [1.54, 1.807) is 13.8 Å². The summed E-state index contributed by atoms with van der Waals surface area (Å²) in [6.07, 6.45) is 0.392.